The van der Waals surface area contributed by atoms with Gasteiger partial charge in [-0.1, -0.05) is 55.7 Å². The van der Waals surface area contributed by atoms with Crippen molar-refractivity contribution in [2.75, 3.05) is 0 Å². The Labute approximate surface area is 197 Å². The lowest BCUT2D eigenvalue weighted by molar-refractivity contribution is -0.136. The fraction of sp³-hybridized carbons (Fsp3) is 0.231. The summed E-state index contributed by atoms with van der Waals surface area (Å²) in [6.45, 7) is 3.81. The van der Waals surface area contributed by atoms with Crippen molar-refractivity contribution in [2.24, 2.45) is 0 Å². The predicted molar refractivity (Wildman–Crippen MR) is 130 cm³/mol. The van der Waals surface area contributed by atoms with Crippen molar-refractivity contribution in [1.29, 1.82) is 0 Å². The maximum Gasteiger partial charge on any atom is 0.344 e. The summed E-state index contributed by atoms with van der Waals surface area (Å²) in [6.07, 6.45) is 1.70. The van der Waals surface area contributed by atoms with Crippen molar-refractivity contribution in [3.05, 3.63) is 82.7 Å². The zero-order valence-corrected chi connectivity index (χ0v) is 19.7. The van der Waals surface area contributed by atoms with E-state index in [0.717, 1.165) is 17.4 Å². The van der Waals surface area contributed by atoms with Crippen LogP contribution in [0.5, 0.6) is 5.75 Å². The van der Waals surface area contributed by atoms with E-state index in [1.54, 1.807) is 36.4 Å². The molecule has 34 heavy (non-hydrogen) atoms. The lowest BCUT2D eigenvalue weighted by Gasteiger charge is -2.18. The van der Waals surface area contributed by atoms with Crippen LogP contribution < -0.4 is 15.1 Å². The molecule has 0 aliphatic carbocycles. The molecule has 0 fully saturated rings. The number of carbonyl (C=O) groups excluding carboxylic acids is 1. The number of hydrogen-bond acceptors (Lipinski definition) is 6. The summed E-state index contributed by atoms with van der Waals surface area (Å²) in [5, 5.41) is 1.90. The van der Waals surface area contributed by atoms with Crippen LogP contribution in [-0.4, -0.2) is 20.4 Å². The van der Waals surface area contributed by atoms with E-state index in [9.17, 15) is 18.0 Å². The van der Waals surface area contributed by atoms with Crippen molar-refractivity contribution in [3.8, 4) is 5.75 Å². The highest BCUT2D eigenvalue weighted by atomic mass is 32.2. The van der Waals surface area contributed by atoms with Crippen molar-refractivity contribution in [1.82, 2.24) is 4.72 Å². The quantitative estimate of drug-likeness (QED) is 0.170. The van der Waals surface area contributed by atoms with Crippen molar-refractivity contribution < 1.29 is 22.4 Å². The van der Waals surface area contributed by atoms with Crippen molar-refractivity contribution >= 4 is 37.7 Å². The lowest BCUT2D eigenvalue weighted by atomic mass is 10.1. The first-order valence-electron chi connectivity index (χ1n) is 11.0. The van der Waals surface area contributed by atoms with Crippen LogP contribution >= 0.6 is 0 Å². The molecule has 3 aromatic carbocycles. The molecule has 0 saturated carbocycles. The molecule has 0 unspecified atom stereocenters. The SMILES string of the molecule is CCCC[C@H](NS(=O)(=O)c1ccc(C)cc1)C(=O)Oc1ccc2c(c1)oc(=O)c1ccccc12. The third-order valence-corrected chi connectivity index (χ3v) is 7.06. The predicted octanol–water partition coefficient (Wildman–Crippen LogP) is 4.70. The number of aryl methyl sites for hydroxylation is 1. The van der Waals surface area contributed by atoms with Crippen LogP contribution in [0.1, 0.15) is 31.7 Å². The highest BCUT2D eigenvalue weighted by molar-refractivity contribution is 7.89. The zero-order valence-electron chi connectivity index (χ0n) is 18.9. The Bertz CT molecular complexity index is 1510. The Hall–Kier alpha value is -3.49. The second kappa shape index (κ2) is 9.79. The molecular formula is C26H25NO6S. The minimum atomic E-state index is -3.92. The number of benzene rings is 3. The Morgan fingerprint density at radius 3 is 2.41 bits per heavy atom. The van der Waals surface area contributed by atoms with Crippen LogP contribution in [0.15, 0.2) is 80.8 Å². The first-order valence-corrected chi connectivity index (χ1v) is 12.5. The van der Waals surface area contributed by atoms with Gasteiger partial charge in [0.15, 0.2) is 0 Å². The summed E-state index contributed by atoms with van der Waals surface area (Å²) >= 11 is 0. The third kappa shape index (κ3) is 5.03. The number of fused-ring (bicyclic) bond motifs is 3. The molecule has 0 saturated heterocycles. The lowest BCUT2D eigenvalue weighted by Crippen LogP contribution is -2.42. The summed E-state index contributed by atoms with van der Waals surface area (Å²) in [4.78, 5) is 25.3. The third-order valence-electron chi connectivity index (χ3n) is 5.57. The molecule has 8 heteroatoms. The fourth-order valence-electron chi connectivity index (χ4n) is 3.72. The molecule has 0 aliphatic rings. The van der Waals surface area contributed by atoms with Gasteiger partial charge in [0, 0.05) is 11.5 Å². The van der Waals surface area contributed by atoms with Gasteiger partial charge in [-0.05, 0) is 49.1 Å². The Morgan fingerprint density at radius 2 is 1.71 bits per heavy atom. The summed E-state index contributed by atoms with van der Waals surface area (Å²) in [5.74, 6) is -0.571. The van der Waals surface area contributed by atoms with E-state index in [1.165, 1.54) is 18.2 Å². The van der Waals surface area contributed by atoms with E-state index in [0.29, 0.717) is 17.2 Å². The molecule has 4 aromatic rings. The number of unbranched alkanes of at least 4 members (excludes halogenated alkanes) is 1. The second-order valence-corrected chi connectivity index (χ2v) is 9.86. The van der Waals surface area contributed by atoms with Crippen LogP contribution in [0.4, 0.5) is 0 Å². The van der Waals surface area contributed by atoms with Gasteiger partial charge in [0.2, 0.25) is 10.0 Å². The maximum atomic E-state index is 13.0. The molecule has 1 N–H and O–H groups in total. The van der Waals surface area contributed by atoms with Crippen molar-refractivity contribution in [3.63, 3.8) is 0 Å². The Kier molecular flexibility index (Phi) is 6.81. The number of hydrogen-bond donors (Lipinski definition) is 1. The van der Waals surface area contributed by atoms with E-state index in [1.807, 2.05) is 26.0 Å². The van der Waals surface area contributed by atoms with Crippen LogP contribution in [0.25, 0.3) is 21.7 Å². The second-order valence-electron chi connectivity index (χ2n) is 8.14. The van der Waals surface area contributed by atoms with Crippen molar-refractivity contribution in [2.45, 2.75) is 44.0 Å². The molecule has 0 spiro atoms. The van der Waals surface area contributed by atoms with Gasteiger partial charge >= 0.3 is 11.6 Å². The van der Waals surface area contributed by atoms with E-state index in [-0.39, 0.29) is 22.6 Å². The molecule has 0 bridgehead atoms. The standard InChI is InChI=1S/C26H25NO6S/c1-3-4-9-23(27-34(30,31)19-13-10-17(2)11-14-19)26(29)32-18-12-15-21-20-7-5-6-8-22(20)25(28)33-24(21)16-18/h5-8,10-16,23,27H,3-4,9H2,1-2H3/t23-/m0/s1. The zero-order chi connectivity index (χ0) is 24.3. The highest BCUT2D eigenvalue weighted by Gasteiger charge is 2.27. The summed E-state index contributed by atoms with van der Waals surface area (Å²) in [5.41, 5.74) is 0.717. The molecule has 1 atom stereocenters. The minimum Gasteiger partial charge on any atom is -0.425 e. The van der Waals surface area contributed by atoms with Crippen LogP contribution in [-0.2, 0) is 14.8 Å². The molecule has 1 aromatic heterocycles. The van der Waals surface area contributed by atoms with Gasteiger partial charge in [-0.3, -0.25) is 0 Å². The average Bonchev–Trinajstić information content (AvgIpc) is 2.82. The Morgan fingerprint density at radius 1 is 1.00 bits per heavy atom. The van der Waals surface area contributed by atoms with E-state index < -0.39 is 27.7 Å². The molecule has 0 amide bonds. The molecule has 1 heterocycles. The van der Waals surface area contributed by atoms with E-state index in [2.05, 4.69) is 4.72 Å². The largest absolute Gasteiger partial charge is 0.425 e. The van der Waals surface area contributed by atoms with Gasteiger partial charge in [0.1, 0.15) is 17.4 Å². The van der Waals surface area contributed by atoms with Gasteiger partial charge in [-0.15, -0.1) is 0 Å². The highest BCUT2D eigenvalue weighted by Crippen LogP contribution is 2.26. The summed E-state index contributed by atoms with van der Waals surface area (Å²) < 4.78 is 39.1. The summed E-state index contributed by atoms with van der Waals surface area (Å²) in [6, 6.07) is 17.2. The molecular weight excluding hydrogens is 454 g/mol. The molecule has 0 radical (unpaired) electrons. The van der Waals surface area contributed by atoms with Crippen LogP contribution in [0.3, 0.4) is 0 Å². The van der Waals surface area contributed by atoms with E-state index in [4.69, 9.17) is 9.15 Å². The molecule has 0 aliphatic heterocycles. The number of nitrogens with one attached hydrogen (secondary N) is 1. The number of rotatable bonds is 8. The maximum absolute atomic E-state index is 13.0. The number of sulfonamides is 1. The van der Waals surface area contributed by atoms with Gasteiger partial charge < -0.3 is 9.15 Å². The van der Waals surface area contributed by atoms with Gasteiger partial charge in [-0.2, -0.15) is 4.72 Å². The minimum absolute atomic E-state index is 0.0757. The smallest absolute Gasteiger partial charge is 0.344 e. The van der Waals surface area contributed by atoms with Crippen LogP contribution in [0.2, 0.25) is 0 Å². The molecule has 7 nitrogen and oxygen atoms in total. The topological polar surface area (TPSA) is 103 Å². The number of ether oxygens (including phenoxy) is 1. The first-order chi connectivity index (χ1) is 16.3. The van der Waals surface area contributed by atoms with Crippen LogP contribution in [0, 0.1) is 6.92 Å². The van der Waals surface area contributed by atoms with Gasteiger partial charge in [0.25, 0.3) is 0 Å². The normalized spacial score (nSPS) is 12.6. The first kappa shape index (κ1) is 23.7. The van der Waals surface area contributed by atoms with E-state index >= 15 is 0 Å². The van der Waals surface area contributed by atoms with Gasteiger partial charge in [0.05, 0.1) is 10.3 Å². The molecule has 4 rings (SSSR count). The molecule has 176 valence electrons. The fourth-order valence-corrected chi connectivity index (χ4v) is 4.94. The monoisotopic (exact) mass is 479 g/mol. The number of esters is 1. The van der Waals surface area contributed by atoms with Gasteiger partial charge in [-0.25, -0.2) is 18.0 Å². The summed E-state index contributed by atoms with van der Waals surface area (Å²) in [7, 11) is -3.92. The Balaban J connectivity index is 1.60. The number of carbonyl (C=O) groups is 1. The average molecular weight is 480 g/mol.